The van der Waals surface area contributed by atoms with Crippen LogP contribution in [0.3, 0.4) is 0 Å². The van der Waals surface area contributed by atoms with Gasteiger partial charge < -0.3 is 4.74 Å². The third-order valence-corrected chi connectivity index (χ3v) is 6.26. The monoisotopic (exact) mass is 222 g/mol. The van der Waals surface area contributed by atoms with E-state index in [2.05, 4.69) is 20.8 Å². The fourth-order valence-electron chi connectivity index (χ4n) is 4.17. The van der Waals surface area contributed by atoms with Crippen LogP contribution in [0.4, 0.5) is 0 Å². The van der Waals surface area contributed by atoms with Gasteiger partial charge in [-0.2, -0.15) is 0 Å². The summed E-state index contributed by atoms with van der Waals surface area (Å²) >= 11 is 0. The van der Waals surface area contributed by atoms with Crippen LogP contribution in [0.25, 0.3) is 0 Å². The van der Waals surface area contributed by atoms with Gasteiger partial charge in [0.2, 0.25) is 0 Å². The van der Waals surface area contributed by atoms with E-state index >= 15 is 0 Å². The second-order valence-electron chi connectivity index (χ2n) is 7.20. The van der Waals surface area contributed by atoms with E-state index in [0.717, 1.165) is 18.4 Å². The lowest BCUT2D eigenvalue weighted by Crippen LogP contribution is -2.37. The van der Waals surface area contributed by atoms with E-state index in [-0.39, 0.29) is 0 Å². The van der Waals surface area contributed by atoms with Gasteiger partial charge in [-0.15, -0.1) is 0 Å². The van der Waals surface area contributed by atoms with Crippen molar-refractivity contribution in [1.29, 1.82) is 0 Å². The zero-order valence-electron chi connectivity index (χ0n) is 11.1. The zero-order valence-corrected chi connectivity index (χ0v) is 11.1. The van der Waals surface area contributed by atoms with E-state index < -0.39 is 0 Å². The molecule has 0 radical (unpaired) electrons. The summed E-state index contributed by atoms with van der Waals surface area (Å²) in [5.74, 6) is 1.93. The van der Waals surface area contributed by atoms with Gasteiger partial charge in [0.15, 0.2) is 0 Å². The first-order chi connectivity index (χ1) is 7.54. The van der Waals surface area contributed by atoms with Gasteiger partial charge in [-0.3, -0.25) is 0 Å². The van der Waals surface area contributed by atoms with Crippen LogP contribution in [-0.2, 0) is 4.74 Å². The highest BCUT2D eigenvalue weighted by Crippen LogP contribution is 2.66. The van der Waals surface area contributed by atoms with Gasteiger partial charge in [0.05, 0.1) is 6.10 Å². The topological polar surface area (TPSA) is 9.23 Å². The largest absolute Gasteiger partial charge is 0.378 e. The Morgan fingerprint density at radius 1 is 1.12 bits per heavy atom. The predicted octanol–water partition coefficient (Wildman–Crippen LogP) is 4.02. The Kier molecular flexibility index (Phi) is 2.41. The molecule has 1 heteroatoms. The fraction of sp³-hybridized carbons (Fsp3) is 1.00. The minimum absolute atomic E-state index is 0.460. The number of hydrogen-bond donors (Lipinski definition) is 0. The zero-order chi connectivity index (χ0) is 11.4. The van der Waals surface area contributed by atoms with Crippen molar-refractivity contribution in [2.75, 3.05) is 6.61 Å². The lowest BCUT2D eigenvalue weighted by molar-refractivity contribution is -0.0481. The van der Waals surface area contributed by atoms with E-state index in [1.807, 2.05) is 0 Å². The molecule has 2 bridgehead atoms. The predicted molar refractivity (Wildman–Crippen MR) is 66.3 cm³/mol. The minimum atomic E-state index is 0.460. The lowest BCUT2D eigenvalue weighted by atomic mass is 9.70. The van der Waals surface area contributed by atoms with Crippen LogP contribution in [0.15, 0.2) is 0 Å². The maximum absolute atomic E-state index is 6.23. The maximum Gasteiger partial charge on any atom is 0.0636 e. The highest BCUT2D eigenvalue weighted by molar-refractivity contribution is 5.11. The van der Waals surface area contributed by atoms with Crippen LogP contribution < -0.4 is 0 Å². The summed E-state index contributed by atoms with van der Waals surface area (Å²) in [5.41, 5.74) is 0.971. The van der Waals surface area contributed by atoms with E-state index in [1.165, 1.54) is 38.5 Å². The van der Waals surface area contributed by atoms with E-state index in [9.17, 15) is 0 Å². The van der Waals surface area contributed by atoms with Gasteiger partial charge in [-0.1, -0.05) is 33.6 Å². The van der Waals surface area contributed by atoms with Crippen molar-refractivity contribution < 1.29 is 4.74 Å². The molecule has 1 nitrogen and oxygen atoms in total. The molecule has 92 valence electrons. The van der Waals surface area contributed by atoms with Crippen LogP contribution in [0, 0.1) is 22.7 Å². The molecule has 0 spiro atoms. The molecule has 3 fully saturated rings. The summed E-state index contributed by atoms with van der Waals surface area (Å²) in [4.78, 5) is 0. The SMILES string of the molecule is CC1(C)C2CCC1(C)C(OCCC1CC1)C2. The molecule has 3 rings (SSSR count). The van der Waals surface area contributed by atoms with Crippen molar-refractivity contribution in [1.82, 2.24) is 0 Å². The highest BCUT2D eigenvalue weighted by atomic mass is 16.5. The molecule has 0 aromatic carbocycles. The summed E-state index contributed by atoms with van der Waals surface area (Å²) in [6.07, 6.45) is 8.94. The molecule has 0 saturated heterocycles. The first kappa shape index (κ1) is 11.1. The van der Waals surface area contributed by atoms with Crippen molar-refractivity contribution in [3.05, 3.63) is 0 Å². The van der Waals surface area contributed by atoms with Crippen molar-refractivity contribution >= 4 is 0 Å². The van der Waals surface area contributed by atoms with Gasteiger partial charge in [0.25, 0.3) is 0 Å². The third kappa shape index (κ3) is 1.47. The first-order valence-corrected chi connectivity index (χ1v) is 7.15. The maximum atomic E-state index is 6.23. The molecule has 0 aliphatic heterocycles. The molecule has 0 aromatic heterocycles. The molecule has 3 atom stereocenters. The second kappa shape index (κ2) is 3.48. The molecule has 3 unspecified atom stereocenters. The van der Waals surface area contributed by atoms with Gasteiger partial charge >= 0.3 is 0 Å². The summed E-state index contributed by atoms with van der Waals surface area (Å²) in [7, 11) is 0. The Bertz CT molecular complexity index is 279. The molecule has 0 heterocycles. The summed E-state index contributed by atoms with van der Waals surface area (Å²) in [5, 5.41) is 0. The Morgan fingerprint density at radius 2 is 1.88 bits per heavy atom. The standard InChI is InChI=1S/C15H26O/c1-14(2)12-6-8-15(14,3)13(10-12)16-9-7-11-4-5-11/h11-13H,4-10H2,1-3H3. The molecule has 0 amide bonds. The Hall–Kier alpha value is -0.0400. The normalized spacial score (nSPS) is 45.2. The highest BCUT2D eigenvalue weighted by Gasteiger charge is 2.61. The number of rotatable bonds is 4. The van der Waals surface area contributed by atoms with Gasteiger partial charge in [0, 0.05) is 6.61 Å². The second-order valence-corrected chi connectivity index (χ2v) is 7.20. The average Bonchev–Trinajstić information content (AvgIpc) is 2.98. The Labute approximate surface area is 99.9 Å². The van der Waals surface area contributed by atoms with Crippen LogP contribution in [0.1, 0.15) is 59.3 Å². The molecule has 0 aromatic rings. The molecule has 3 aliphatic rings. The minimum Gasteiger partial charge on any atom is -0.378 e. The van der Waals surface area contributed by atoms with Crippen LogP contribution in [0.2, 0.25) is 0 Å². The quantitative estimate of drug-likeness (QED) is 0.698. The van der Waals surface area contributed by atoms with Gasteiger partial charge in [-0.05, 0) is 48.3 Å². The summed E-state index contributed by atoms with van der Waals surface area (Å²) < 4.78 is 6.23. The van der Waals surface area contributed by atoms with Crippen LogP contribution in [0.5, 0.6) is 0 Å². The number of hydrogen-bond acceptors (Lipinski definition) is 1. The lowest BCUT2D eigenvalue weighted by Gasteiger charge is -2.39. The van der Waals surface area contributed by atoms with E-state index in [4.69, 9.17) is 4.74 Å². The number of ether oxygens (including phenoxy) is 1. The average molecular weight is 222 g/mol. The Balaban J connectivity index is 1.60. The first-order valence-electron chi connectivity index (χ1n) is 7.15. The van der Waals surface area contributed by atoms with Crippen molar-refractivity contribution in [3.63, 3.8) is 0 Å². The molecular formula is C15H26O. The third-order valence-electron chi connectivity index (χ3n) is 6.26. The fourth-order valence-corrected chi connectivity index (χ4v) is 4.17. The summed E-state index contributed by atoms with van der Waals surface area (Å²) in [6.45, 7) is 8.43. The van der Waals surface area contributed by atoms with Crippen molar-refractivity contribution in [2.24, 2.45) is 22.7 Å². The van der Waals surface area contributed by atoms with E-state index in [1.54, 1.807) is 0 Å². The van der Waals surface area contributed by atoms with Crippen LogP contribution in [-0.4, -0.2) is 12.7 Å². The molecule has 3 aliphatic carbocycles. The molecule has 3 saturated carbocycles. The smallest absolute Gasteiger partial charge is 0.0636 e. The summed E-state index contributed by atoms with van der Waals surface area (Å²) in [6, 6.07) is 0. The van der Waals surface area contributed by atoms with Crippen molar-refractivity contribution in [3.8, 4) is 0 Å². The molecule has 0 N–H and O–H groups in total. The molecule has 16 heavy (non-hydrogen) atoms. The molecular weight excluding hydrogens is 196 g/mol. The van der Waals surface area contributed by atoms with Crippen molar-refractivity contribution in [2.45, 2.75) is 65.4 Å². The van der Waals surface area contributed by atoms with Crippen LogP contribution >= 0.6 is 0 Å². The Morgan fingerprint density at radius 3 is 2.38 bits per heavy atom. The van der Waals surface area contributed by atoms with Gasteiger partial charge in [-0.25, -0.2) is 0 Å². The van der Waals surface area contributed by atoms with Gasteiger partial charge in [0.1, 0.15) is 0 Å². The number of fused-ring (bicyclic) bond motifs is 2. The van der Waals surface area contributed by atoms with E-state index in [0.29, 0.717) is 16.9 Å².